The topological polar surface area (TPSA) is 103 Å². The van der Waals surface area contributed by atoms with E-state index in [2.05, 4.69) is 38.4 Å². The van der Waals surface area contributed by atoms with Crippen molar-refractivity contribution in [1.82, 2.24) is 20.1 Å². The lowest BCUT2D eigenvalue weighted by Gasteiger charge is -2.04. The van der Waals surface area contributed by atoms with Gasteiger partial charge in [0.05, 0.1) is 11.9 Å². The minimum atomic E-state index is 0.258. The summed E-state index contributed by atoms with van der Waals surface area (Å²) in [4.78, 5) is 14.8. The van der Waals surface area contributed by atoms with Crippen molar-refractivity contribution in [1.29, 1.82) is 0 Å². The molecular formula is C12H14N6OS. The van der Waals surface area contributed by atoms with Crippen molar-refractivity contribution >= 4 is 33.3 Å². The van der Waals surface area contributed by atoms with Crippen LogP contribution in [0.1, 0.15) is 23.5 Å². The molecular weight excluding hydrogens is 276 g/mol. The lowest BCUT2D eigenvalue weighted by Crippen LogP contribution is -2.05. The summed E-state index contributed by atoms with van der Waals surface area (Å²) in [6.45, 7) is 4.29. The number of nitrogens with one attached hydrogen (secondary N) is 1. The monoisotopic (exact) mass is 290 g/mol. The van der Waals surface area contributed by atoms with E-state index in [-0.39, 0.29) is 5.95 Å². The first-order chi connectivity index (χ1) is 9.65. The van der Waals surface area contributed by atoms with E-state index in [1.807, 2.05) is 0 Å². The average Bonchev–Trinajstić information content (AvgIpc) is 3.01. The molecule has 0 aliphatic heterocycles. The van der Waals surface area contributed by atoms with Crippen molar-refractivity contribution in [3.63, 3.8) is 0 Å². The Morgan fingerprint density at radius 3 is 2.90 bits per heavy atom. The zero-order valence-corrected chi connectivity index (χ0v) is 12.0. The van der Waals surface area contributed by atoms with Gasteiger partial charge < -0.3 is 15.6 Å². The molecule has 0 fully saturated rings. The van der Waals surface area contributed by atoms with E-state index in [0.717, 1.165) is 16.6 Å². The Hall–Kier alpha value is -2.22. The number of hydrogen-bond donors (Lipinski definition) is 2. The molecule has 3 N–H and O–H groups in total. The van der Waals surface area contributed by atoms with Gasteiger partial charge in [-0.25, -0.2) is 4.98 Å². The molecule has 0 saturated carbocycles. The van der Waals surface area contributed by atoms with E-state index in [4.69, 9.17) is 10.3 Å². The number of aryl methyl sites for hydroxylation is 2. The SMILES string of the molecule is CCc1cc2c(NCc3noc(C)n3)nc(N)nc2s1. The van der Waals surface area contributed by atoms with Crippen LogP contribution in [-0.2, 0) is 13.0 Å². The molecule has 0 saturated heterocycles. The van der Waals surface area contributed by atoms with Gasteiger partial charge in [-0.2, -0.15) is 9.97 Å². The first-order valence-corrected chi connectivity index (χ1v) is 7.06. The summed E-state index contributed by atoms with van der Waals surface area (Å²) >= 11 is 1.63. The number of anilines is 2. The summed E-state index contributed by atoms with van der Waals surface area (Å²) in [5, 5.41) is 7.99. The number of hydrogen-bond acceptors (Lipinski definition) is 8. The van der Waals surface area contributed by atoms with Crippen molar-refractivity contribution in [3.05, 3.63) is 22.7 Å². The minimum absolute atomic E-state index is 0.258. The summed E-state index contributed by atoms with van der Waals surface area (Å²) in [5.74, 6) is 2.08. The highest BCUT2D eigenvalue weighted by Gasteiger charge is 2.11. The van der Waals surface area contributed by atoms with Gasteiger partial charge in [0.1, 0.15) is 10.6 Å². The van der Waals surface area contributed by atoms with Crippen LogP contribution in [0.15, 0.2) is 10.6 Å². The van der Waals surface area contributed by atoms with Gasteiger partial charge in [-0.3, -0.25) is 0 Å². The average molecular weight is 290 g/mol. The van der Waals surface area contributed by atoms with E-state index in [9.17, 15) is 0 Å². The van der Waals surface area contributed by atoms with Crippen molar-refractivity contribution in [2.24, 2.45) is 0 Å². The van der Waals surface area contributed by atoms with Gasteiger partial charge in [0.25, 0.3) is 0 Å². The Labute approximate surface area is 119 Å². The molecule has 0 aliphatic carbocycles. The molecule has 0 aromatic carbocycles. The molecule has 3 rings (SSSR count). The molecule has 0 atom stereocenters. The maximum atomic E-state index is 5.74. The summed E-state index contributed by atoms with van der Waals surface area (Å²) in [6.07, 6.45) is 0.963. The number of nitrogens with two attached hydrogens (primary N) is 1. The van der Waals surface area contributed by atoms with Crippen LogP contribution in [0.3, 0.4) is 0 Å². The van der Waals surface area contributed by atoms with Crippen LogP contribution in [0.5, 0.6) is 0 Å². The van der Waals surface area contributed by atoms with Crippen LogP contribution in [0.4, 0.5) is 11.8 Å². The summed E-state index contributed by atoms with van der Waals surface area (Å²) in [7, 11) is 0. The lowest BCUT2D eigenvalue weighted by atomic mass is 10.3. The van der Waals surface area contributed by atoms with Crippen molar-refractivity contribution in [2.75, 3.05) is 11.1 Å². The maximum Gasteiger partial charge on any atom is 0.223 e. The second-order valence-electron chi connectivity index (χ2n) is 4.30. The standard InChI is InChI=1S/C12H14N6OS/c1-3-7-4-8-10(16-12(13)17-11(8)20-7)14-5-9-15-6(2)19-18-9/h4H,3,5H2,1-2H3,(H3,13,14,16,17). The van der Waals surface area contributed by atoms with Crippen molar-refractivity contribution in [2.45, 2.75) is 26.8 Å². The van der Waals surface area contributed by atoms with Crippen molar-refractivity contribution < 1.29 is 4.52 Å². The van der Waals surface area contributed by atoms with Gasteiger partial charge in [0.2, 0.25) is 11.8 Å². The molecule has 8 heteroatoms. The van der Waals surface area contributed by atoms with Gasteiger partial charge in [0.15, 0.2) is 5.82 Å². The van der Waals surface area contributed by atoms with Gasteiger partial charge in [0, 0.05) is 11.8 Å². The molecule has 3 aromatic heterocycles. The van der Waals surface area contributed by atoms with Crippen LogP contribution in [0.2, 0.25) is 0 Å². The fraction of sp³-hybridized carbons (Fsp3) is 0.333. The number of thiophene rings is 1. The zero-order valence-electron chi connectivity index (χ0n) is 11.2. The van der Waals surface area contributed by atoms with Crippen LogP contribution in [0, 0.1) is 6.92 Å². The van der Waals surface area contributed by atoms with Crippen LogP contribution in [-0.4, -0.2) is 20.1 Å². The molecule has 0 spiro atoms. The zero-order chi connectivity index (χ0) is 14.1. The second-order valence-corrected chi connectivity index (χ2v) is 5.41. The van der Waals surface area contributed by atoms with E-state index in [0.29, 0.717) is 24.1 Å². The van der Waals surface area contributed by atoms with Crippen LogP contribution >= 0.6 is 11.3 Å². The molecule has 0 unspecified atom stereocenters. The van der Waals surface area contributed by atoms with E-state index in [1.54, 1.807) is 18.3 Å². The van der Waals surface area contributed by atoms with E-state index >= 15 is 0 Å². The number of rotatable bonds is 4. The van der Waals surface area contributed by atoms with Crippen LogP contribution in [0.25, 0.3) is 10.2 Å². The normalized spacial score (nSPS) is 11.1. The molecule has 3 aromatic rings. The Morgan fingerprint density at radius 2 is 2.20 bits per heavy atom. The van der Waals surface area contributed by atoms with E-state index in [1.165, 1.54) is 4.88 Å². The summed E-state index contributed by atoms with van der Waals surface area (Å²) < 4.78 is 4.93. The van der Waals surface area contributed by atoms with Gasteiger partial charge >= 0.3 is 0 Å². The highest BCUT2D eigenvalue weighted by Crippen LogP contribution is 2.29. The fourth-order valence-electron chi connectivity index (χ4n) is 1.87. The molecule has 0 amide bonds. The number of fused-ring (bicyclic) bond motifs is 1. The fourth-order valence-corrected chi connectivity index (χ4v) is 2.85. The van der Waals surface area contributed by atoms with Gasteiger partial charge in [-0.05, 0) is 12.5 Å². The molecule has 104 valence electrons. The predicted molar refractivity (Wildman–Crippen MR) is 77.6 cm³/mol. The third-order valence-electron chi connectivity index (χ3n) is 2.79. The molecule has 0 radical (unpaired) electrons. The highest BCUT2D eigenvalue weighted by molar-refractivity contribution is 7.18. The lowest BCUT2D eigenvalue weighted by molar-refractivity contribution is 0.388. The maximum absolute atomic E-state index is 5.74. The molecule has 0 aliphatic rings. The Bertz CT molecular complexity index is 750. The van der Waals surface area contributed by atoms with Crippen LogP contribution < -0.4 is 11.1 Å². The van der Waals surface area contributed by atoms with E-state index < -0.39 is 0 Å². The first-order valence-electron chi connectivity index (χ1n) is 6.24. The number of nitrogen functional groups attached to an aromatic ring is 1. The van der Waals surface area contributed by atoms with Gasteiger partial charge in [-0.1, -0.05) is 12.1 Å². The van der Waals surface area contributed by atoms with Gasteiger partial charge in [-0.15, -0.1) is 11.3 Å². The third kappa shape index (κ3) is 2.42. The Kier molecular flexibility index (Phi) is 3.23. The smallest absolute Gasteiger partial charge is 0.223 e. The summed E-state index contributed by atoms with van der Waals surface area (Å²) in [5.41, 5.74) is 5.74. The Balaban J connectivity index is 1.91. The quantitative estimate of drug-likeness (QED) is 0.758. The largest absolute Gasteiger partial charge is 0.368 e. The summed E-state index contributed by atoms with van der Waals surface area (Å²) in [6, 6.07) is 2.09. The molecule has 3 heterocycles. The molecule has 20 heavy (non-hydrogen) atoms. The molecule has 7 nitrogen and oxygen atoms in total. The third-order valence-corrected chi connectivity index (χ3v) is 3.97. The number of nitrogens with zero attached hydrogens (tertiary/aromatic N) is 4. The predicted octanol–water partition coefficient (Wildman–Crippen LogP) is 2.14. The Morgan fingerprint density at radius 1 is 1.35 bits per heavy atom. The van der Waals surface area contributed by atoms with Crippen molar-refractivity contribution in [3.8, 4) is 0 Å². The molecule has 0 bridgehead atoms. The number of aromatic nitrogens is 4. The second kappa shape index (κ2) is 5.04. The highest BCUT2D eigenvalue weighted by atomic mass is 32.1. The minimum Gasteiger partial charge on any atom is -0.368 e. The first kappa shape index (κ1) is 12.8.